The quantitative estimate of drug-likeness (QED) is 0.645. The third kappa shape index (κ3) is 6.90. The first-order valence-corrected chi connectivity index (χ1v) is 11.0. The number of benzene rings is 2. The molecule has 2 aromatic carbocycles. The van der Waals surface area contributed by atoms with Gasteiger partial charge in [-0.05, 0) is 55.3 Å². The summed E-state index contributed by atoms with van der Waals surface area (Å²) in [6.45, 7) is 3.46. The standard InChI is InChI=1S/C21H23N3O5S/c1-15-10-16(2)12-19(11-15)24(9-5-8-22)20(25)14-29-21(26)17-6-4-7-18(13-17)23-30(3,27)28/h4,6-7,10-13,23H,5,9,14H2,1-3H3. The van der Waals surface area contributed by atoms with E-state index in [0.29, 0.717) is 5.69 Å². The first-order chi connectivity index (χ1) is 14.1. The Labute approximate surface area is 176 Å². The van der Waals surface area contributed by atoms with Crippen LogP contribution in [0.5, 0.6) is 0 Å². The highest BCUT2D eigenvalue weighted by atomic mass is 32.2. The van der Waals surface area contributed by atoms with Crippen LogP contribution in [0.15, 0.2) is 42.5 Å². The van der Waals surface area contributed by atoms with Crippen LogP contribution >= 0.6 is 0 Å². The highest BCUT2D eigenvalue weighted by Crippen LogP contribution is 2.20. The summed E-state index contributed by atoms with van der Waals surface area (Å²) in [4.78, 5) is 26.5. The van der Waals surface area contributed by atoms with Gasteiger partial charge in [-0.25, -0.2) is 13.2 Å². The predicted molar refractivity (Wildman–Crippen MR) is 114 cm³/mol. The van der Waals surface area contributed by atoms with Crippen LogP contribution in [0.3, 0.4) is 0 Å². The van der Waals surface area contributed by atoms with Gasteiger partial charge in [0.2, 0.25) is 10.0 Å². The number of carbonyl (C=O) groups excluding carboxylic acids is 2. The molecular weight excluding hydrogens is 406 g/mol. The molecule has 0 radical (unpaired) electrons. The summed E-state index contributed by atoms with van der Waals surface area (Å²) < 4.78 is 30.1. The zero-order valence-electron chi connectivity index (χ0n) is 17.0. The van der Waals surface area contributed by atoms with E-state index in [4.69, 9.17) is 10.00 Å². The lowest BCUT2D eigenvalue weighted by Gasteiger charge is -2.22. The zero-order valence-corrected chi connectivity index (χ0v) is 17.8. The third-order valence-electron chi connectivity index (χ3n) is 3.99. The Balaban J connectivity index is 2.12. The van der Waals surface area contributed by atoms with Crippen molar-refractivity contribution in [2.24, 2.45) is 0 Å². The molecule has 8 nitrogen and oxygen atoms in total. The van der Waals surface area contributed by atoms with Gasteiger partial charge in [0.05, 0.1) is 24.3 Å². The summed E-state index contributed by atoms with van der Waals surface area (Å²) in [5.74, 6) is -1.23. The fourth-order valence-electron chi connectivity index (χ4n) is 2.88. The van der Waals surface area contributed by atoms with Gasteiger partial charge < -0.3 is 9.64 Å². The van der Waals surface area contributed by atoms with Crippen LogP contribution in [0.2, 0.25) is 0 Å². The van der Waals surface area contributed by atoms with E-state index in [0.717, 1.165) is 17.4 Å². The van der Waals surface area contributed by atoms with Crippen molar-refractivity contribution in [1.82, 2.24) is 0 Å². The molecule has 0 aliphatic heterocycles. The predicted octanol–water partition coefficient (Wildman–Crippen LogP) is 2.78. The Bertz CT molecular complexity index is 1070. The van der Waals surface area contributed by atoms with E-state index in [1.54, 1.807) is 0 Å². The lowest BCUT2D eigenvalue weighted by atomic mass is 10.1. The van der Waals surface area contributed by atoms with Crippen molar-refractivity contribution in [3.63, 3.8) is 0 Å². The lowest BCUT2D eigenvalue weighted by Crippen LogP contribution is -2.35. The van der Waals surface area contributed by atoms with Gasteiger partial charge in [-0.2, -0.15) is 5.26 Å². The van der Waals surface area contributed by atoms with Crippen molar-refractivity contribution in [2.75, 3.05) is 29.0 Å². The molecule has 0 aromatic heterocycles. The van der Waals surface area contributed by atoms with Crippen molar-refractivity contribution in [2.45, 2.75) is 20.3 Å². The second-order valence-corrected chi connectivity index (χ2v) is 8.58. The molecule has 0 aliphatic carbocycles. The fourth-order valence-corrected chi connectivity index (χ4v) is 3.43. The lowest BCUT2D eigenvalue weighted by molar-refractivity contribution is -0.121. The van der Waals surface area contributed by atoms with Crippen molar-refractivity contribution in [3.05, 3.63) is 59.2 Å². The van der Waals surface area contributed by atoms with Crippen LogP contribution in [0, 0.1) is 25.2 Å². The second-order valence-electron chi connectivity index (χ2n) is 6.83. The van der Waals surface area contributed by atoms with Crippen molar-refractivity contribution < 1.29 is 22.7 Å². The van der Waals surface area contributed by atoms with Gasteiger partial charge in [-0.15, -0.1) is 0 Å². The number of esters is 1. The zero-order chi connectivity index (χ0) is 22.3. The molecule has 0 spiro atoms. The number of carbonyl (C=O) groups is 2. The summed E-state index contributed by atoms with van der Waals surface area (Å²) in [7, 11) is -3.49. The third-order valence-corrected chi connectivity index (χ3v) is 4.60. The molecule has 0 fully saturated rings. The number of hydrogen-bond donors (Lipinski definition) is 1. The molecule has 0 bridgehead atoms. The maximum Gasteiger partial charge on any atom is 0.338 e. The first-order valence-electron chi connectivity index (χ1n) is 9.09. The minimum Gasteiger partial charge on any atom is -0.452 e. The Kier molecular flexibility index (Phi) is 7.55. The molecule has 2 rings (SSSR count). The van der Waals surface area contributed by atoms with E-state index in [-0.39, 0.29) is 24.2 Å². The van der Waals surface area contributed by atoms with Gasteiger partial charge in [-0.1, -0.05) is 12.1 Å². The van der Waals surface area contributed by atoms with Crippen LogP contribution in [0.1, 0.15) is 27.9 Å². The maximum atomic E-state index is 12.7. The Morgan fingerprint density at radius 3 is 2.40 bits per heavy atom. The number of hydrogen-bond acceptors (Lipinski definition) is 6. The highest BCUT2D eigenvalue weighted by molar-refractivity contribution is 7.92. The Hall–Kier alpha value is -3.38. The number of nitrogens with zero attached hydrogens (tertiary/aromatic N) is 2. The van der Waals surface area contributed by atoms with Crippen LogP contribution in [-0.2, 0) is 19.6 Å². The molecule has 0 aliphatic rings. The van der Waals surface area contributed by atoms with Crippen LogP contribution in [0.4, 0.5) is 11.4 Å². The molecule has 0 heterocycles. The number of sulfonamides is 1. The Morgan fingerprint density at radius 1 is 1.13 bits per heavy atom. The fraction of sp³-hybridized carbons (Fsp3) is 0.286. The van der Waals surface area contributed by atoms with E-state index >= 15 is 0 Å². The summed E-state index contributed by atoms with van der Waals surface area (Å²) in [6, 6.07) is 13.4. The van der Waals surface area contributed by atoms with E-state index < -0.39 is 28.5 Å². The summed E-state index contributed by atoms with van der Waals surface area (Å²) in [6.07, 6.45) is 1.13. The average molecular weight is 429 g/mol. The van der Waals surface area contributed by atoms with Crippen LogP contribution in [0.25, 0.3) is 0 Å². The molecule has 0 saturated carbocycles. The molecule has 158 valence electrons. The number of anilines is 2. The minimum atomic E-state index is -3.49. The normalized spacial score (nSPS) is 10.7. The molecule has 2 aromatic rings. The van der Waals surface area contributed by atoms with Crippen molar-refractivity contribution >= 4 is 33.3 Å². The number of aryl methyl sites for hydroxylation is 2. The first kappa shape index (κ1) is 22.9. The van der Waals surface area contributed by atoms with Gasteiger partial charge in [0.15, 0.2) is 6.61 Å². The molecule has 30 heavy (non-hydrogen) atoms. The van der Waals surface area contributed by atoms with E-state index in [1.165, 1.54) is 29.2 Å². The number of rotatable bonds is 8. The van der Waals surface area contributed by atoms with Gasteiger partial charge >= 0.3 is 5.97 Å². The Morgan fingerprint density at radius 2 is 1.80 bits per heavy atom. The van der Waals surface area contributed by atoms with E-state index in [9.17, 15) is 18.0 Å². The largest absolute Gasteiger partial charge is 0.452 e. The minimum absolute atomic E-state index is 0.103. The molecular formula is C21H23N3O5S. The smallest absolute Gasteiger partial charge is 0.338 e. The second kappa shape index (κ2) is 9.89. The number of amides is 1. The van der Waals surface area contributed by atoms with Crippen molar-refractivity contribution in [1.29, 1.82) is 5.26 Å². The molecule has 0 saturated heterocycles. The van der Waals surface area contributed by atoms with Crippen molar-refractivity contribution in [3.8, 4) is 6.07 Å². The van der Waals surface area contributed by atoms with E-state index in [1.807, 2.05) is 38.1 Å². The highest BCUT2D eigenvalue weighted by Gasteiger charge is 2.19. The number of nitriles is 1. The maximum absolute atomic E-state index is 12.7. The van der Waals surface area contributed by atoms with Crippen LogP contribution in [-0.4, -0.2) is 39.7 Å². The topological polar surface area (TPSA) is 117 Å². The van der Waals surface area contributed by atoms with Gasteiger partial charge in [0.1, 0.15) is 0 Å². The molecule has 0 atom stereocenters. The monoisotopic (exact) mass is 429 g/mol. The molecule has 1 N–H and O–H groups in total. The van der Waals surface area contributed by atoms with Crippen LogP contribution < -0.4 is 9.62 Å². The summed E-state index contributed by atoms with van der Waals surface area (Å²) in [5, 5.41) is 8.90. The summed E-state index contributed by atoms with van der Waals surface area (Å²) in [5.41, 5.74) is 2.87. The summed E-state index contributed by atoms with van der Waals surface area (Å²) >= 11 is 0. The molecule has 9 heteroatoms. The van der Waals surface area contributed by atoms with Gasteiger partial charge in [-0.3, -0.25) is 9.52 Å². The van der Waals surface area contributed by atoms with Gasteiger partial charge in [0, 0.05) is 17.9 Å². The van der Waals surface area contributed by atoms with Gasteiger partial charge in [0.25, 0.3) is 5.91 Å². The number of nitrogens with one attached hydrogen (secondary N) is 1. The SMILES string of the molecule is Cc1cc(C)cc(N(CCC#N)C(=O)COC(=O)c2cccc(NS(C)(=O)=O)c2)c1. The average Bonchev–Trinajstić information content (AvgIpc) is 2.64. The molecule has 1 amide bonds. The molecule has 0 unspecified atom stereocenters. The number of ether oxygens (including phenoxy) is 1. The van der Waals surface area contributed by atoms with E-state index in [2.05, 4.69) is 4.72 Å².